The van der Waals surface area contributed by atoms with E-state index in [9.17, 15) is 13.2 Å². The summed E-state index contributed by atoms with van der Waals surface area (Å²) in [6.45, 7) is 1.06. The fraction of sp³-hybridized carbons (Fsp3) is 0.417. The first-order valence-electron chi connectivity index (χ1n) is 5.71. The van der Waals surface area contributed by atoms with Gasteiger partial charge < -0.3 is 10.6 Å². The molecule has 2 rings (SSSR count). The highest BCUT2D eigenvalue weighted by atomic mass is 19.4. The molecule has 0 saturated heterocycles. The van der Waals surface area contributed by atoms with Gasteiger partial charge in [0.25, 0.3) is 0 Å². The molecule has 1 atom stereocenters. The Morgan fingerprint density at radius 3 is 2.56 bits per heavy atom. The highest BCUT2D eigenvalue weighted by Gasteiger charge is 2.40. The minimum Gasteiger partial charge on any atom is -0.355 e. The maximum absolute atomic E-state index is 13.0. The van der Waals surface area contributed by atoms with E-state index in [1.165, 1.54) is 12.1 Å². The predicted octanol–water partition coefficient (Wildman–Crippen LogP) is 1.88. The summed E-state index contributed by atoms with van der Waals surface area (Å²) in [5.41, 5.74) is 0.260. The molecule has 0 amide bonds. The lowest BCUT2D eigenvalue weighted by Crippen LogP contribution is -2.39. The molecule has 0 saturated carbocycles. The highest BCUT2D eigenvalue weighted by molar-refractivity contribution is 5.81. The minimum absolute atomic E-state index is 0.209. The molecule has 1 aliphatic rings. The van der Waals surface area contributed by atoms with Gasteiger partial charge in [-0.05, 0) is 5.56 Å². The summed E-state index contributed by atoms with van der Waals surface area (Å²) in [7, 11) is 0. The summed E-state index contributed by atoms with van der Waals surface area (Å²) in [6.07, 6.45) is -4.27. The quantitative estimate of drug-likeness (QED) is 0.867. The molecule has 1 unspecified atom stereocenters. The summed E-state index contributed by atoms with van der Waals surface area (Å²) in [5, 5.41) is 5.59. The summed E-state index contributed by atoms with van der Waals surface area (Å²) in [5.74, 6) is -1.08. The molecule has 0 radical (unpaired) electrons. The van der Waals surface area contributed by atoms with E-state index < -0.39 is 12.1 Å². The van der Waals surface area contributed by atoms with Crippen molar-refractivity contribution >= 4 is 5.96 Å². The van der Waals surface area contributed by atoms with E-state index in [0.717, 1.165) is 0 Å². The molecule has 6 heteroatoms. The van der Waals surface area contributed by atoms with Crippen molar-refractivity contribution in [1.29, 1.82) is 0 Å². The molecule has 2 N–H and O–H groups in total. The van der Waals surface area contributed by atoms with Crippen LogP contribution in [0.15, 0.2) is 35.3 Å². The number of halogens is 3. The first kappa shape index (κ1) is 12.7. The molecule has 98 valence electrons. The van der Waals surface area contributed by atoms with E-state index >= 15 is 0 Å². The van der Waals surface area contributed by atoms with Crippen molar-refractivity contribution in [2.75, 3.05) is 19.6 Å². The van der Waals surface area contributed by atoms with Crippen LogP contribution in [-0.4, -0.2) is 31.8 Å². The molecule has 0 bridgehead atoms. The van der Waals surface area contributed by atoms with Gasteiger partial charge in [0.2, 0.25) is 0 Å². The van der Waals surface area contributed by atoms with Crippen molar-refractivity contribution in [2.24, 2.45) is 4.99 Å². The summed E-state index contributed by atoms with van der Waals surface area (Å²) in [4.78, 5) is 4.01. The average molecular weight is 257 g/mol. The lowest BCUT2D eigenvalue weighted by molar-refractivity contribution is -0.148. The van der Waals surface area contributed by atoms with Crippen LogP contribution in [0.3, 0.4) is 0 Å². The van der Waals surface area contributed by atoms with Gasteiger partial charge >= 0.3 is 6.18 Å². The molecule has 1 aliphatic heterocycles. The second kappa shape index (κ2) is 5.29. The average Bonchev–Trinajstić information content (AvgIpc) is 2.82. The second-order valence-electron chi connectivity index (χ2n) is 4.04. The minimum atomic E-state index is -4.27. The number of guanidine groups is 1. The van der Waals surface area contributed by atoms with Crippen molar-refractivity contribution in [2.45, 2.75) is 12.1 Å². The largest absolute Gasteiger partial charge is 0.397 e. The Morgan fingerprint density at radius 1 is 1.28 bits per heavy atom. The summed E-state index contributed by atoms with van der Waals surface area (Å²) >= 11 is 0. The van der Waals surface area contributed by atoms with Gasteiger partial charge in [-0.3, -0.25) is 4.99 Å². The number of rotatable bonds is 3. The Labute approximate surface area is 103 Å². The third-order valence-corrected chi connectivity index (χ3v) is 2.74. The number of aliphatic imine (C=N–C) groups is 1. The van der Waals surface area contributed by atoms with E-state index in [1.807, 2.05) is 0 Å². The number of alkyl halides is 3. The van der Waals surface area contributed by atoms with Crippen molar-refractivity contribution in [1.82, 2.24) is 10.6 Å². The van der Waals surface area contributed by atoms with E-state index in [0.29, 0.717) is 19.0 Å². The summed E-state index contributed by atoms with van der Waals surface area (Å²) < 4.78 is 38.9. The van der Waals surface area contributed by atoms with Crippen LogP contribution in [0, 0.1) is 0 Å². The van der Waals surface area contributed by atoms with E-state index in [2.05, 4.69) is 15.6 Å². The normalized spacial score (nSPS) is 16.9. The molecular weight excluding hydrogens is 243 g/mol. The standard InChI is InChI=1S/C12H14F3N3/c13-12(14,15)10(9-4-2-1-3-5-9)8-18-11-16-6-7-17-11/h1-5,10H,6-8H2,(H2,16,17,18). The molecule has 1 aromatic carbocycles. The Bertz CT molecular complexity index is 414. The van der Waals surface area contributed by atoms with E-state index in [1.54, 1.807) is 18.2 Å². The molecule has 0 aliphatic carbocycles. The zero-order valence-electron chi connectivity index (χ0n) is 9.67. The van der Waals surface area contributed by atoms with Crippen molar-refractivity contribution in [3.05, 3.63) is 35.9 Å². The number of benzene rings is 1. The van der Waals surface area contributed by atoms with E-state index in [-0.39, 0.29) is 12.1 Å². The second-order valence-corrected chi connectivity index (χ2v) is 4.04. The molecular formula is C12H14F3N3. The Morgan fingerprint density at radius 2 is 2.00 bits per heavy atom. The van der Waals surface area contributed by atoms with Crippen LogP contribution in [0.5, 0.6) is 0 Å². The van der Waals surface area contributed by atoms with Gasteiger partial charge in [-0.25, -0.2) is 0 Å². The Balaban J connectivity index is 2.06. The molecule has 0 aromatic heterocycles. The third-order valence-electron chi connectivity index (χ3n) is 2.74. The van der Waals surface area contributed by atoms with Crippen molar-refractivity contribution < 1.29 is 13.2 Å². The van der Waals surface area contributed by atoms with Crippen LogP contribution < -0.4 is 10.6 Å². The van der Waals surface area contributed by atoms with Gasteiger partial charge in [0, 0.05) is 13.1 Å². The van der Waals surface area contributed by atoms with Crippen LogP contribution in [0.25, 0.3) is 0 Å². The molecule has 18 heavy (non-hydrogen) atoms. The number of hydrogen-bond donors (Lipinski definition) is 2. The molecule has 1 heterocycles. The van der Waals surface area contributed by atoms with Crippen LogP contribution in [0.4, 0.5) is 13.2 Å². The highest BCUT2D eigenvalue weighted by Crippen LogP contribution is 2.34. The smallest absolute Gasteiger partial charge is 0.355 e. The fourth-order valence-electron chi connectivity index (χ4n) is 1.82. The molecule has 0 fully saturated rings. The van der Waals surface area contributed by atoms with Gasteiger partial charge in [0.1, 0.15) is 0 Å². The zero-order chi connectivity index (χ0) is 13.0. The van der Waals surface area contributed by atoms with Gasteiger partial charge in [0.05, 0.1) is 12.5 Å². The van der Waals surface area contributed by atoms with Crippen molar-refractivity contribution in [3.63, 3.8) is 0 Å². The Hall–Kier alpha value is -1.72. The summed E-state index contributed by atoms with van der Waals surface area (Å²) in [6, 6.07) is 7.90. The first-order valence-corrected chi connectivity index (χ1v) is 5.71. The van der Waals surface area contributed by atoms with Gasteiger partial charge in [-0.2, -0.15) is 13.2 Å². The lowest BCUT2D eigenvalue weighted by atomic mass is 9.98. The van der Waals surface area contributed by atoms with E-state index in [4.69, 9.17) is 0 Å². The number of nitrogens with zero attached hydrogens (tertiary/aromatic N) is 1. The topological polar surface area (TPSA) is 36.4 Å². The van der Waals surface area contributed by atoms with Gasteiger partial charge in [0.15, 0.2) is 5.96 Å². The SMILES string of the molecule is FC(F)(F)C(CNC1=NCCN1)c1ccccc1. The lowest BCUT2D eigenvalue weighted by Gasteiger charge is -2.21. The van der Waals surface area contributed by atoms with Crippen LogP contribution in [0.2, 0.25) is 0 Å². The molecule has 3 nitrogen and oxygen atoms in total. The Kier molecular flexibility index (Phi) is 3.74. The van der Waals surface area contributed by atoms with Crippen LogP contribution >= 0.6 is 0 Å². The van der Waals surface area contributed by atoms with Crippen LogP contribution in [0.1, 0.15) is 11.5 Å². The van der Waals surface area contributed by atoms with Gasteiger partial charge in [-0.1, -0.05) is 30.3 Å². The first-order chi connectivity index (χ1) is 8.57. The third kappa shape index (κ3) is 3.15. The van der Waals surface area contributed by atoms with Crippen LogP contribution in [-0.2, 0) is 0 Å². The monoisotopic (exact) mass is 257 g/mol. The van der Waals surface area contributed by atoms with Gasteiger partial charge in [-0.15, -0.1) is 0 Å². The molecule has 1 aromatic rings. The maximum atomic E-state index is 13.0. The maximum Gasteiger partial charge on any atom is 0.397 e. The van der Waals surface area contributed by atoms with Crippen molar-refractivity contribution in [3.8, 4) is 0 Å². The fourth-order valence-corrected chi connectivity index (χ4v) is 1.82. The zero-order valence-corrected chi connectivity index (χ0v) is 9.67. The number of hydrogen-bond acceptors (Lipinski definition) is 3. The molecule has 0 spiro atoms. The number of nitrogens with one attached hydrogen (secondary N) is 2. The predicted molar refractivity (Wildman–Crippen MR) is 63.5 cm³/mol.